The van der Waals surface area contributed by atoms with E-state index in [0.717, 1.165) is 25.3 Å². The quantitative estimate of drug-likeness (QED) is 0.742. The molecule has 0 aromatic heterocycles. The van der Waals surface area contributed by atoms with Gasteiger partial charge in [-0.15, -0.1) is 0 Å². The summed E-state index contributed by atoms with van der Waals surface area (Å²) in [6, 6.07) is 8.04. The first-order valence-electron chi connectivity index (χ1n) is 5.83. The second-order valence-electron chi connectivity index (χ2n) is 3.98. The zero-order valence-corrected chi connectivity index (χ0v) is 10.1. The van der Waals surface area contributed by atoms with Gasteiger partial charge in [-0.05, 0) is 31.0 Å². The van der Waals surface area contributed by atoms with E-state index < -0.39 is 0 Å². The highest BCUT2D eigenvalue weighted by atomic mass is 16.5. The highest BCUT2D eigenvalue weighted by Gasteiger charge is 1.98. The van der Waals surface area contributed by atoms with E-state index >= 15 is 0 Å². The number of ether oxygens (including phenoxy) is 1. The zero-order chi connectivity index (χ0) is 11.8. The topological polar surface area (TPSA) is 41.5 Å². The number of aliphatic hydroxyl groups excluding tert-OH is 1. The van der Waals surface area contributed by atoms with Crippen LogP contribution in [0.5, 0.6) is 5.75 Å². The second-order valence-corrected chi connectivity index (χ2v) is 3.98. The van der Waals surface area contributed by atoms with Crippen LogP contribution in [0.25, 0.3) is 0 Å². The summed E-state index contributed by atoms with van der Waals surface area (Å²) in [5, 5.41) is 12.3. The lowest BCUT2D eigenvalue weighted by Crippen LogP contribution is -2.23. The number of rotatable bonds is 7. The maximum atomic E-state index is 9.11. The van der Waals surface area contributed by atoms with Crippen molar-refractivity contribution in [3.63, 3.8) is 0 Å². The Morgan fingerprint density at radius 1 is 1.44 bits per heavy atom. The Kier molecular flexibility index (Phi) is 5.90. The van der Waals surface area contributed by atoms with E-state index in [0.29, 0.717) is 6.54 Å². The molecule has 0 saturated heterocycles. The van der Waals surface area contributed by atoms with Gasteiger partial charge in [-0.1, -0.05) is 19.1 Å². The number of hydrogen-bond donors (Lipinski definition) is 2. The zero-order valence-electron chi connectivity index (χ0n) is 10.1. The van der Waals surface area contributed by atoms with E-state index in [1.165, 1.54) is 5.56 Å². The summed E-state index contributed by atoms with van der Waals surface area (Å²) >= 11 is 0. The molecule has 1 rings (SSSR count). The molecule has 0 radical (unpaired) electrons. The van der Waals surface area contributed by atoms with Crippen molar-refractivity contribution < 1.29 is 9.84 Å². The molecule has 90 valence electrons. The standard InChI is InChI=1S/C13H21NO2/c1-3-7-16-13-6-4-5-12(8-13)10-14-9-11(2)15/h4-6,8,11,14-15H,3,7,9-10H2,1-2H3. The van der Waals surface area contributed by atoms with Gasteiger partial charge in [-0.2, -0.15) is 0 Å². The van der Waals surface area contributed by atoms with Crippen molar-refractivity contribution in [2.75, 3.05) is 13.2 Å². The van der Waals surface area contributed by atoms with Crippen molar-refractivity contribution in [3.05, 3.63) is 29.8 Å². The van der Waals surface area contributed by atoms with Crippen molar-refractivity contribution in [3.8, 4) is 5.75 Å². The third kappa shape index (κ3) is 5.14. The Hall–Kier alpha value is -1.06. The van der Waals surface area contributed by atoms with E-state index in [-0.39, 0.29) is 6.10 Å². The number of aliphatic hydroxyl groups is 1. The molecule has 0 amide bonds. The molecular weight excluding hydrogens is 202 g/mol. The van der Waals surface area contributed by atoms with Gasteiger partial charge in [0.25, 0.3) is 0 Å². The highest BCUT2D eigenvalue weighted by molar-refractivity contribution is 5.28. The van der Waals surface area contributed by atoms with Crippen LogP contribution in [0.4, 0.5) is 0 Å². The molecule has 0 bridgehead atoms. The molecule has 3 nitrogen and oxygen atoms in total. The summed E-state index contributed by atoms with van der Waals surface area (Å²) < 4.78 is 5.55. The third-order valence-electron chi connectivity index (χ3n) is 2.14. The van der Waals surface area contributed by atoms with Gasteiger partial charge < -0.3 is 15.2 Å². The number of benzene rings is 1. The molecule has 0 heterocycles. The molecule has 1 atom stereocenters. The summed E-state index contributed by atoms with van der Waals surface area (Å²) in [4.78, 5) is 0. The van der Waals surface area contributed by atoms with Crippen LogP contribution in [0.3, 0.4) is 0 Å². The summed E-state index contributed by atoms with van der Waals surface area (Å²) in [6.07, 6.45) is 0.712. The molecule has 16 heavy (non-hydrogen) atoms. The molecule has 1 aromatic carbocycles. The van der Waals surface area contributed by atoms with Crippen LogP contribution >= 0.6 is 0 Å². The molecule has 0 spiro atoms. The molecule has 0 aliphatic carbocycles. The fourth-order valence-electron chi connectivity index (χ4n) is 1.39. The van der Waals surface area contributed by atoms with E-state index in [2.05, 4.69) is 12.2 Å². The van der Waals surface area contributed by atoms with Crippen molar-refractivity contribution in [2.45, 2.75) is 32.9 Å². The predicted octanol–water partition coefficient (Wildman–Crippen LogP) is 1.95. The molecule has 2 N–H and O–H groups in total. The predicted molar refractivity (Wildman–Crippen MR) is 65.6 cm³/mol. The van der Waals surface area contributed by atoms with Crippen LogP contribution < -0.4 is 10.1 Å². The SMILES string of the molecule is CCCOc1cccc(CNCC(C)O)c1. The smallest absolute Gasteiger partial charge is 0.119 e. The van der Waals surface area contributed by atoms with Gasteiger partial charge in [0.15, 0.2) is 0 Å². The minimum atomic E-state index is -0.306. The maximum Gasteiger partial charge on any atom is 0.119 e. The van der Waals surface area contributed by atoms with Crippen LogP contribution in [0.2, 0.25) is 0 Å². The Morgan fingerprint density at radius 3 is 2.94 bits per heavy atom. The van der Waals surface area contributed by atoms with Crippen LogP contribution in [-0.2, 0) is 6.54 Å². The van der Waals surface area contributed by atoms with Crippen LogP contribution in [0.1, 0.15) is 25.8 Å². The average molecular weight is 223 g/mol. The Bertz CT molecular complexity index is 300. The first-order chi connectivity index (χ1) is 7.72. The maximum absolute atomic E-state index is 9.11. The van der Waals surface area contributed by atoms with E-state index in [1.807, 2.05) is 24.3 Å². The molecule has 0 fully saturated rings. The summed E-state index contributed by atoms with van der Waals surface area (Å²) in [7, 11) is 0. The minimum Gasteiger partial charge on any atom is -0.494 e. The fourth-order valence-corrected chi connectivity index (χ4v) is 1.39. The summed E-state index contributed by atoms with van der Waals surface area (Å²) in [6.45, 7) is 5.99. The summed E-state index contributed by atoms with van der Waals surface area (Å²) in [5.74, 6) is 0.915. The molecule has 0 aliphatic rings. The molecule has 0 saturated carbocycles. The number of hydrogen-bond acceptors (Lipinski definition) is 3. The lowest BCUT2D eigenvalue weighted by Gasteiger charge is -2.09. The van der Waals surface area contributed by atoms with Crippen LogP contribution in [0, 0.1) is 0 Å². The van der Waals surface area contributed by atoms with Gasteiger partial charge in [0, 0.05) is 13.1 Å². The summed E-state index contributed by atoms with van der Waals surface area (Å²) in [5.41, 5.74) is 1.18. The highest BCUT2D eigenvalue weighted by Crippen LogP contribution is 2.13. The van der Waals surface area contributed by atoms with Gasteiger partial charge in [0.05, 0.1) is 12.7 Å². The molecule has 1 aromatic rings. The minimum absolute atomic E-state index is 0.306. The number of nitrogens with one attached hydrogen (secondary N) is 1. The largest absolute Gasteiger partial charge is 0.494 e. The Labute approximate surface area is 97.4 Å². The van der Waals surface area contributed by atoms with Gasteiger partial charge >= 0.3 is 0 Å². The van der Waals surface area contributed by atoms with Gasteiger partial charge in [0.1, 0.15) is 5.75 Å². The van der Waals surface area contributed by atoms with Crippen molar-refractivity contribution in [1.29, 1.82) is 0 Å². The van der Waals surface area contributed by atoms with Crippen LogP contribution in [0.15, 0.2) is 24.3 Å². The lowest BCUT2D eigenvalue weighted by molar-refractivity contribution is 0.191. The van der Waals surface area contributed by atoms with E-state index in [1.54, 1.807) is 6.92 Å². The van der Waals surface area contributed by atoms with Crippen molar-refractivity contribution in [1.82, 2.24) is 5.32 Å². The molecule has 3 heteroatoms. The molecule has 1 unspecified atom stereocenters. The van der Waals surface area contributed by atoms with Crippen molar-refractivity contribution >= 4 is 0 Å². The first-order valence-corrected chi connectivity index (χ1v) is 5.83. The average Bonchev–Trinajstić information content (AvgIpc) is 2.26. The van der Waals surface area contributed by atoms with Gasteiger partial charge in [-0.3, -0.25) is 0 Å². The molecule has 0 aliphatic heterocycles. The van der Waals surface area contributed by atoms with E-state index in [9.17, 15) is 0 Å². The lowest BCUT2D eigenvalue weighted by atomic mass is 10.2. The van der Waals surface area contributed by atoms with Gasteiger partial charge in [0.2, 0.25) is 0 Å². The van der Waals surface area contributed by atoms with Crippen LogP contribution in [-0.4, -0.2) is 24.4 Å². The fraction of sp³-hybridized carbons (Fsp3) is 0.538. The van der Waals surface area contributed by atoms with E-state index in [4.69, 9.17) is 9.84 Å². The first kappa shape index (κ1) is 13.0. The Balaban J connectivity index is 2.40. The monoisotopic (exact) mass is 223 g/mol. The Morgan fingerprint density at radius 2 is 2.25 bits per heavy atom. The molecular formula is C13H21NO2. The van der Waals surface area contributed by atoms with Crippen molar-refractivity contribution in [2.24, 2.45) is 0 Å². The third-order valence-corrected chi connectivity index (χ3v) is 2.14. The van der Waals surface area contributed by atoms with Gasteiger partial charge in [-0.25, -0.2) is 0 Å². The normalized spacial score (nSPS) is 12.4. The second kappa shape index (κ2) is 7.25.